The zero-order valence-electron chi connectivity index (χ0n) is 13.3. The lowest BCUT2D eigenvalue weighted by Gasteiger charge is -2.33. The second-order valence-electron chi connectivity index (χ2n) is 6.08. The number of aliphatic hydroxyl groups excluding tert-OH is 1. The number of hydrogen-bond acceptors (Lipinski definition) is 5. The second-order valence-corrected chi connectivity index (χ2v) is 6.08. The fraction of sp³-hybridized carbons (Fsp3) is 0.444. The highest BCUT2D eigenvalue weighted by Crippen LogP contribution is 2.23. The average molecular weight is 314 g/mol. The third kappa shape index (κ3) is 3.68. The average Bonchev–Trinajstić information content (AvgIpc) is 2.61. The van der Waals surface area contributed by atoms with Crippen LogP contribution in [0, 0.1) is 5.92 Å². The van der Waals surface area contributed by atoms with Crippen molar-refractivity contribution < 1.29 is 14.6 Å². The Morgan fingerprint density at radius 2 is 2.04 bits per heavy atom. The van der Waals surface area contributed by atoms with Gasteiger partial charge in [-0.15, -0.1) is 0 Å². The number of esters is 1. The molecule has 0 radical (unpaired) electrons. The molecule has 0 saturated carbocycles. The van der Waals surface area contributed by atoms with E-state index in [2.05, 4.69) is 27.8 Å². The Morgan fingerprint density at radius 1 is 1.30 bits per heavy atom. The first-order valence-electron chi connectivity index (χ1n) is 8.00. The predicted molar refractivity (Wildman–Crippen MR) is 87.8 cm³/mol. The number of rotatable bonds is 4. The van der Waals surface area contributed by atoms with Crippen LogP contribution in [0.15, 0.2) is 36.4 Å². The molecule has 0 amide bonds. The number of benzene rings is 1. The van der Waals surface area contributed by atoms with Crippen LogP contribution in [0.5, 0.6) is 0 Å². The molecule has 1 aromatic heterocycles. The van der Waals surface area contributed by atoms with Crippen LogP contribution >= 0.6 is 0 Å². The maximum atomic E-state index is 11.4. The third-order valence-electron chi connectivity index (χ3n) is 4.56. The first kappa shape index (κ1) is 15.9. The zero-order chi connectivity index (χ0) is 16.2. The number of methoxy groups -OCH3 is 1. The van der Waals surface area contributed by atoms with Crippen LogP contribution in [0.3, 0.4) is 0 Å². The van der Waals surface area contributed by atoms with Gasteiger partial charge in [0.05, 0.1) is 18.3 Å². The van der Waals surface area contributed by atoms with E-state index in [0.717, 1.165) is 49.1 Å². The number of aliphatic hydroxyl groups is 1. The van der Waals surface area contributed by atoms with Gasteiger partial charge in [0.25, 0.3) is 0 Å². The maximum absolute atomic E-state index is 11.4. The van der Waals surface area contributed by atoms with E-state index in [9.17, 15) is 9.90 Å². The number of para-hydroxylation sites is 1. The van der Waals surface area contributed by atoms with Crippen molar-refractivity contribution >= 4 is 16.9 Å². The summed E-state index contributed by atoms with van der Waals surface area (Å²) in [5, 5.41) is 11.1. The number of nitrogens with zero attached hydrogens (tertiary/aromatic N) is 2. The molecule has 1 atom stereocenters. The van der Waals surface area contributed by atoms with Crippen molar-refractivity contribution in [1.82, 2.24) is 9.88 Å². The Hall–Kier alpha value is -1.98. The van der Waals surface area contributed by atoms with Crippen LogP contribution < -0.4 is 0 Å². The van der Waals surface area contributed by atoms with Crippen LogP contribution in [-0.4, -0.2) is 47.3 Å². The van der Waals surface area contributed by atoms with Crippen LogP contribution in [0.4, 0.5) is 0 Å². The normalized spacial score (nSPS) is 18.0. The summed E-state index contributed by atoms with van der Waals surface area (Å²) in [6, 6.07) is 12.3. The number of fused-ring (bicyclic) bond motifs is 1. The van der Waals surface area contributed by atoms with E-state index in [1.807, 2.05) is 18.2 Å². The molecule has 1 saturated heterocycles. The van der Waals surface area contributed by atoms with E-state index in [1.165, 1.54) is 7.11 Å². The van der Waals surface area contributed by atoms with Gasteiger partial charge in [0.2, 0.25) is 0 Å². The lowest BCUT2D eigenvalue weighted by Crippen LogP contribution is -2.40. The fourth-order valence-electron chi connectivity index (χ4n) is 3.17. The molecule has 23 heavy (non-hydrogen) atoms. The highest BCUT2D eigenvalue weighted by molar-refractivity contribution is 5.78. The van der Waals surface area contributed by atoms with Gasteiger partial charge in [-0.2, -0.15) is 0 Å². The smallest absolute Gasteiger partial charge is 0.334 e. The van der Waals surface area contributed by atoms with Gasteiger partial charge in [-0.05, 0) is 44.0 Å². The van der Waals surface area contributed by atoms with Gasteiger partial charge in [0.1, 0.15) is 0 Å². The number of aromatic nitrogens is 1. The molecule has 1 aliphatic heterocycles. The van der Waals surface area contributed by atoms with E-state index < -0.39 is 12.1 Å². The lowest BCUT2D eigenvalue weighted by atomic mass is 9.91. The quantitative estimate of drug-likeness (QED) is 0.874. The summed E-state index contributed by atoms with van der Waals surface area (Å²) in [4.78, 5) is 18.4. The summed E-state index contributed by atoms with van der Waals surface area (Å²) in [7, 11) is 1.31. The molecule has 0 spiro atoms. The highest BCUT2D eigenvalue weighted by Gasteiger charge is 2.30. The van der Waals surface area contributed by atoms with Gasteiger partial charge < -0.3 is 9.84 Å². The van der Waals surface area contributed by atoms with Crippen molar-refractivity contribution in [1.29, 1.82) is 0 Å². The number of likely N-dealkylation sites (tertiary alicyclic amines) is 1. The topological polar surface area (TPSA) is 62.7 Å². The van der Waals surface area contributed by atoms with E-state index in [1.54, 1.807) is 0 Å². The molecule has 2 heterocycles. The van der Waals surface area contributed by atoms with Gasteiger partial charge in [0.15, 0.2) is 6.10 Å². The summed E-state index contributed by atoms with van der Waals surface area (Å²) >= 11 is 0. The Morgan fingerprint density at radius 3 is 2.78 bits per heavy atom. The van der Waals surface area contributed by atoms with Gasteiger partial charge in [0, 0.05) is 11.9 Å². The molecular formula is C18H22N2O3. The lowest BCUT2D eigenvalue weighted by molar-refractivity contribution is -0.154. The van der Waals surface area contributed by atoms with Crippen LogP contribution in [-0.2, 0) is 16.1 Å². The van der Waals surface area contributed by atoms with Crippen molar-refractivity contribution in [3.05, 3.63) is 42.1 Å². The van der Waals surface area contributed by atoms with Crippen LogP contribution in [0.2, 0.25) is 0 Å². The maximum Gasteiger partial charge on any atom is 0.334 e. The molecule has 0 bridgehead atoms. The summed E-state index contributed by atoms with van der Waals surface area (Å²) in [6.45, 7) is 2.51. The van der Waals surface area contributed by atoms with Crippen molar-refractivity contribution in [2.45, 2.75) is 25.5 Å². The molecule has 122 valence electrons. The zero-order valence-corrected chi connectivity index (χ0v) is 13.3. The summed E-state index contributed by atoms with van der Waals surface area (Å²) < 4.78 is 4.62. The number of pyridine rings is 1. The second kappa shape index (κ2) is 7.06. The number of piperidine rings is 1. The Labute approximate surface area is 135 Å². The van der Waals surface area contributed by atoms with Crippen LogP contribution in [0.25, 0.3) is 10.9 Å². The molecule has 1 fully saturated rings. The molecule has 1 N–H and O–H groups in total. The summed E-state index contributed by atoms with van der Waals surface area (Å²) in [6.07, 6.45) is 0.592. The minimum Gasteiger partial charge on any atom is -0.467 e. The third-order valence-corrected chi connectivity index (χ3v) is 4.56. The van der Waals surface area contributed by atoms with E-state index in [4.69, 9.17) is 4.98 Å². The van der Waals surface area contributed by atoms with Gasteiger partial charge in [-0.25, -0.2) is 4.79 Å². The number of carbonyl (C=O) groups excluding carboxylic acids is 1. The monoisotopic (exact) mass is 314 g/mol. The van der Waals surface area contributed by atoms with Crippen molar-refractivity contribution in [3.8, 4) is 0 Å². The molecule has 0 aliphatic carbocycles. The van der Waals surface area contributed by atoms with Crippen molar-refractivity contribution in [3.63, 3.8) is 0 Å². The van der Waals surface area contributed by atoms with E-state index >= 15 is 0 Å². The molecule has 0 unspecified atom stereocenters. The van der Waals surface area contributed by atoms with E-state index in [-0.39, 0.29) is 5.92 Å². The van der Waals surface area contributed by atoms with E-state index in [0.29, 0.717) is 0 Å². The standard InChI is InChI=1S/C18H22N2O3/c1-23-18(22)17(21)14-8-10-20(11-9-14)12-15-7-6-13-4-2-3-5-16(13)19-15/h2-7,14,17,21H,8-12H2,1H3/t17-/m0/s1. The Bertz CT molecular complexity index is 681. The first-order chi connectivity index (χ1) is 11.2. The number of carbonyl (C=O) groups is 1. The largest absolute Gasteiger partial charge is 0.467 e. The number of hydrogen-bond donors (Lipinski definition) is 1. The number of ether oxygens (including phenoxy) is 1. The molecule has 5 nitrogen and oxygen atoms in total. The molecular weight excluding hydrogens is 292 g/mol. The van der Waals surface area contributed by atoms with Crippen LogP contribution in [0.1, 0.15) is 18.5 Å². The van der Waals surface area contributed by atoms with Gasteiger partial charge in [-0.1, -0.05) is 24.3 Å². The van der Waals surface area contributed by atoms with Crippen molar-refractivity contribution in [2.75, 3.05) is 20.2 Å². The predicted octanol–water partition coefficient (Wildman–Crippen LogP) is 1.98. The molecule has 3 rings (SSSR count). The van der Waals surface area contributed by atoms with Gasteiger partial charge in [-0.3, -0.25) is 9.88 Å². The molecule has 1 aromatic carbocycles. The Kier molecular flexibility index (Phi) is 4.88. The fourth-order valence-corrected chi connectivity index (χ4v) is 3.17. The highest BCUT2D eigenvalue weighted by atomic mass is 16.5. The first-order valence-corrected chi connectivity index (χ1v) is 8.00. The summed E-state index contributed by atoms with van der Waals surface area (Å²) in [5.74, 6) is -0.539. The SMILES string of the molecule is COC(=O)[C@@H](O)C1CCN(Cc2ccc3ccccc3n2)CC1. The van der Waals surface area contributed by atoms with Gasteiger partial charge >= 0.3 is 5.97 Å². The molecule has 5 heteroatoms. The minimum atomic E-state index is -0.999. The summed E-state index contributed by atoms with van der Waals surface area (Å²) in [5.41, 5.74) is 2.07. The minimum absolute atomic E-state index is 0.0109. The molecule has 2 aromatic rings. The van der Waals surface area contributed by atoms with Crippen molar-refractivity contribution in [2.24, 2.45) is 5.92 Å². The molecule has 1 aliphatic rings. The Balaban J connectivity index is 1.58.